The Morgan fingerprint density at radius 3 is 1.37 bits per heavy atom. The van der Waals surface area contributed by atoms with Crippen molar-refractivity contribution < 1.29 is 49.3 Å². The van der Waals surface area contributed by atoms with Gasteiger partial charge in [0.1, 0.15) is 24.4 Å². The zero-order valence-electron chi connectivity index (χ0n) is 50.5. The van der Waals surface area contributed by atoms with E-state index in [-0.39, 0.29) is 13.0 Å². The zero-order valence-corrected chi connectivity index (χ0v) is 50.5. The van der Waals surface area contributed by atoms with Crippen LogP contribution in [0.2, 0.25) is 0 Å². The number of aliphatic hydroxyl groups excluding tert-OH is 5. The molecular weight excluding hydrogens is 979 g/mol. The molecule has 8 unspecified atom stereocenters. The lowest BCUT2D eigenvalue weighted by molar-refractivity contribution is -0.305. The van der Waals surface area contributed by atoms with E-state index in [4.69, 9.17) is 14.2 Å². The maximum absolute atomic E-state index is 13.4. The van der Waals surface area contributed by atoms with Crippen LogP contribution in [-0.4, -0.2) is 99.6 Å². The number of unbranched alkanes of at least 4 members (excludes halogenated alkanes) is 38. The summed E-state index contributed by atoms with van der Waals surface area (Å²) in [7, 11) is 0. The summed E-state index contributed by atoms with van der Waals surface area (Å²) >= 11 is 0. The second kappa shape index (κ2) is 55.2. The Bertz CT molecular complexity index is 1450. The number of aliphatic hydroxyl groups is 5. The summed E-state index contributed by atoms with van der Waals surface area (Å²) < 4.78 is 17.6. The number of amides is 1. The van der Waals surface area contributed by atoms with Crippen LogP contribution in [-0.2, 0) is 23.8 Å². The van der Waals surface area contributed by atoms with Gasteiger partial charge in [0.25, 0.3) is 0 Å². The Morgan fingerprint density at radius 1 is 0.513 bits per heavy atom. The third-order valence-electron chi connectivity index (χ3n) is 15.6. The lowest BCUT2D eigenvalue weighted by atomic mass is 9.99. The van der Waals surface area contributed by atoms with Crippen LogP contribution in [0.5, 0.6) is 0 Å². The van der Waals surface area contributed by atoms with Crippen LogP contribution in [0.3, 0.4) is 0 Å². The van der Waals surface area contributed by atoms with Crippen LogP contribution in [0.1, 0.15) is 303 Å². The second-order valence-electron chi connectivity index (χ2n) is 22.9. The van der Waals surface area contributed by atoms with Crippen molar-refractivity contribution in [3.8, 4) is 0 Å². The van der Waals surface area contributed by atoms with Gasteiger partial charge in [0.2, 0.25) is 5.91 Å². The van der Waals surface area contributed by atoms with E-state index in [9.17, 15) is 35.1 Å². The van der Waals surface area contributed by atoms with Gasteiger partial charge >= 0.3 is 5.97 Å². The van der Waals surface area contributed by atoms with E-state index in [1.807, 2.05) is 24.3 Å². The van der Waals surface area contributed by atoms with Gasteiger partial charge in [0.05, 0.1) is 25.4 Å². The Morgan fingerprint density at radius 2 is 0.923 bits per heavy atom. The fourth-order valence-corrected chi connectivity index (χ4v) is 10.4. The molecule has 1 saturated heterocycles. The Balaban J connectivity index is 2.58. The molecule has 0 bridgehead atoms. The summed E-state index contributed by atoms with van der Waals surface area (Å²) in [6, 6.07) is -1.03. The van der Waals surface area contributed by atoms with Crippen LogP contribution < -0.4 is 5.32 Å². The van der Waals surface area contributed by atoms with Gasteiger partial charge in [-0.05, 0) is 44.9 Å². The van der Waals surface area contributed by atoms with Gasteiger partial charge in [-0.1, -0.05) is 301 Å². The number of allylic oxidation sites excluding steroid dienone is 7. The maximum atomic E-state index is 13.4. The summed E-state index contributed by atoms with van der Waals surface area (Å²) in [5.41, 5.74) is 0. The normalized spacial score (nSPS) is 19.2. The lowest BCUT2D eigenvalue weighted by Crippen LogP contribution is -2.61. The molecule has 0 spiro atoms. The fraction of sp³-hybridized carbons (Fsp3) is 0.851. The lowest BCUT2D eigenvalue weighted by Gasteiger charge is -2.41. The van der Waals surface area contributed by atoms with Crippen LogP contribution in [0.15, 0.2) is 48.6 Å². The first kappa shape index (κ1) is 73.6. The number of rotatable bonds is 56. The Hall–Kier alpha value is -2.38. The molecule has 1 rings (SSSR count). The van der Waals surface area contributed by atoms with Gasteiger partial charge in [-0.3, -0.25) is 9.59 Å². The van der Waals surface area contributed by atoms with Crippen molar-refractivity contribution in [3.05, 3.63) is 48.6 Å². The number of esters is 1. The molecule has 78 heavy (non-hydrogen) atoms. The fourth-order valence-electron chi connectivity index (χ4n) is 10.4. The smallest absolute Gasteiger partial charge is 0.306 e. The van der Waals surface area contributed by atoms with Crippen molar-refractivity contribution in [2.45, 2.75) is 352 Å². The van der Waals surface area contributed by atoms with Crippen molar-refractivity contribution in [2.24, 2.45) is 0 Å². The molecule has 8 atom stereocenters. The zero-order chi connectivity index (χ0) is 56.8. The molecule has 0 saturated carbocycles. The van der Waals surface area contributed by atoms with Crippen molar-refractivity contribution in [2.75, 3.05) is 13.2 Å². The maximum Gasteiger partial charge on any atom is 0.306 e. The predicted molar refractivity (Wildman–Crippen MR) is 324 cm³/mol. The van der Waals surface area contributed by atoms with E-state index in [0.717, 1.165) is 77.0 Å². The van der Waals surface area contributed by atoms with Crippen molar-refractivity contribution in [1.29, 1.82) is 0 Å². The highest BCUT2D eigenvalue weighted by molar-refractivity contribution is 5.80. The minimum Gasteiger partial charge on any atom is -0.454 e. The number of carbonyl (C=O) groups excluding carboxylic acids is 2. The van der Waals surface area contributed by atoms with Crippen LogP contribution >= 0.6 is 0 Å². The summed E-state index contributed by atoms with van der Waals surface area (Å²) in [6.07, 6.45) is 57.4. The van der Waals surface area contributed by atoms with Gasteiger partial charge in [-0.15, -0.1) is 0 Å². The number of hydrogen-bond acceptors (Lipinski definition) is 10. The average Bonchev–Trinajstić information content (AvgIpc) is 3.44. The van der Waals surface area contributed by atoms with Crippen LogP contribution in [0.4, 0.5) is 0 Å². The van der Waals surface area contributed by atoms with Gasteiger partial charge < -0.3 is 45.1 Å². The molecule has 1 fully saturated rings. The third kappa shape index (κ3) is 42.5. The molecular formula is C67H123NO10. The molecule has 0 aromatic carbocycles. The molecule has 6 N–H and O–H groups in total. The second-order valence-corrected chi connectivity index (χ2v) is 22.9. The van der Waals surface area contributed by atoms with Gasteiger partial charge in [0, 0.05) is 6.42 Å². The molecule has 456 valence electrons. The predicted octanol–water partition coefficient (Wildman–Crippen LogP) is 16.0. The number of ether oxygens (including phenoxy) is 3. The van der Waals surface area contributed by atoms with E-state index in [1.165, 1.54) is 180 Å². The Labute approximate surface area is 478 Å². The molecule has 0 aliphatic carbocycles. The first-order valence-electron chi connectivity index (χ1n) is 32.9. The average molecular weight is 1100 g/mol. The van der Waals surface area contributed by atoms with Crippen LogP contribution in [0.25, 0.3) is 0 Å². The SMILES string of the molecule is CC/C=C/C=C/C=C\CCCCCCCC(=O)OC1C(OCC(NC(=O)C(O)CCCCCCCCCCCCCCCCCCCCCCCCCC)C(O)/C=C/CCCCCCCCCCCC)OC(CO)C(O)C1O. The minimum atomic E-state index is -1.62. The summed E-state index contributed by atoms with van der Waals surface area (Å²) in [6.45, 7) is 5.67. The topological polar surface area (TPSA) is 175 Å². The van der Waals surface area contributed by atoms with Crippen LogP contribution in [0, 0.1) is 0 Å². The summed E-state index contributed by atoms with van der Waals surface area (Å²) in [4.78, 5) is 26.5. The molecule has 0 radical (unpaired) electrons. The number of nitrogens with one attached hydrogen (secondary N) is 1. The van der Waals surface area contributed by atoms with Crippen molar-refractivity contribution in [3.63, 3.8) is 0 Å². The van der Waals surface area contributed by atoms with E-state index in [2.05, 4.69) is 44.3 Å². The highest BCUT2D eigenvalue weighted by Gasteiger charge is 2.47. The van der Waals surface area contributed by atoms with Crippen molar-refractivity contribution >= 4 is 11.9 Å². The number of hydrogen-bond donors (Lipinski definition) is 6. The van der Waals surface area contributed by atoms with E-state index >= 15 is 0 Å². The summed E-state index contributed by atoms with van der Waals surface area (Å²) in [5, 5.41) is 57.0. The van der Waals surface area contributed by atoms with Crippen molar-refractivity contribution in [1.82, 2.24) is 5.32 Å². The van der Waals surface area contributed by atoms with Gasteiger partial charge in [-0.2, -0.15) is 0 Å². The highest BCUT2D eigenvalue weighted by Crippen LogP contribution is 2.26. The summed E-state index contributed by atoms with van der Waals surface area (Å²) in [5.74, 6) is -1.21. The minimum absolute atomic E-state index is 0.101. The third-order valence-corrected chi connectivity index (χ3v) is 15.6. The molecule has 11 heteroatoms. The monoisotopic (exact) mass is 1100 g/mol. The molecule has 1 amide bonds. The largest absolute Gasteiger partial charge is 0.454 e. The van der Waals surface area contributed by atoms with E-state index in [0.29, 0.717) is 19.3 Å². The first-order chi connectivity index (χ1) is 38.2. The molecule has 11 nitrogen and oxygen atoms in total. The molecule has 0 aromatic rings. The van der Waals surface area contributed by atoms with Gasteiger partial charge in [-0.25, -0.2) is 0 Å². The standard InChI is InChI=1S/C67H123NO10/c1-4-7-10-13-16-19-22-25-26-27-28-29-30-31-32-33-34-35-37-39-42-45-48-51-54-60(71)66(75)68-58(59(70)53-50-47-44-41-38-24-21-18-15-12-9-6-3)57-76-67-65(64(74)63(73)61(56-69)77-67)78-62(72)55-52-49-46-43-40-36-23-20-17-14-11-8-5-2/h8,11,14,17,20,23,50,53,58-61,63-65,67,69-71,73-74H,4-7,9-10,12-13,15-16,18-19,21-22,24-49,51-52,54-57H2,1-3H3,(H,68,75)/b11-8+,17-14+,23-20-,53-50+. The van der Waals surface area contributed by atoms with E-state index in [1.54, 1.807) is 6.08 Å². The molecule has 0 aromatic heterocycles. The van der Waals surface area contributed by atoms with Gasteiger partial charge in [0.15, 0.2) is 12.4 Å². The number of carbonyl (C=O) groups is 2. The highest BCUT2D eigenvalue weighted by atomic mass is 16.7. The quantitative estimate of drug-likeness (QED) is 0.0149. The first-order valence-corrected chi connectivity index (χ1v) is 32.9. The Kier molecular flexibility index (Phi) is 52.1. The molecule has 1 aliphatic rings. The van der Waals surface area contributed by atoms with E-state index < -0.39 is 67.4 Å². The molecule has 1 aliphatic heterocycles. The molecule has 1 heterocycles.